The maximum atomic E-state index is 5.68. The molecule has 0 spiro atoms. The van der Waals surface area contributed by atoms with Crippen LogP contribution in [0.5, 0.6) is 0 Å². The van der Waals surface area contributed by atoms with Crippen molar-refractivity contribution >= 4 is 17.3 Å². The summed E-state index contributed by atoms with van der Waals surface area (Å²) in [5.41, 5.74) is 0. The van der Waals surface area contributed by atoms with Gasteiger partial charge >= 0.3 is 0 Å². The van der Waals surface area contributed by atoms with Crippen molar-refractivity contribution in [3.05, 3.63) is 46.0 Å². The molecule has 6 heteroatoms. The quantitative estimate of drug-likeness (QED) is 0.587. The molecule has 0 saturated carbocycles. The lowest BCUT2D eigenvalue weighted by molar-refractivity contribution is 0.215. The van der Waals surface area contributed by atoms with Crippen molar-refractivity contribution < 1.29 is 4.42 Å². The Balaban J connectivity index is 1.54. The van der Waals surface area contributed by atoms with Gasteiger partial charge in [-0.1, -0.05) is 6.92 Å². The molecule has 0 bridgehead atoms. The number of nitrogens with zero attached hydrogens (tertiary/aromatic N) is 2. The number of rotatable bonds is 7. The van der Waals surface area contributed by atoms with E-state index in [1.165, 1.54) is 22.6 Å². The minimum atomic E-state index is 0.254. The molecule has 0 radical (unpaired) electrons. The summed E-state index contributed by atoms with van der Waals surface area (Å²) < 4.78 is 5.68. The van der Waals surface area contributed by atoms with Crippen LogP contribution in [0.3, 0.4) is 0 Å². The number of hydrogen-bond acceptors (Lipinski definition) is 4. The Hall–Kier alpha value is -1.79. The first-order valence-corrected chi connectivity index (χ1v) is 9.91. The SMILES string of the molecule is CCc1ccc(CNC(=NC)NCC(c2ccco2)N2CCCC2)s1. The number of nitrogens with one attached hydrogen (secondary N) is 2. The van der Waals surface area contributed by atoms with E-state index < -0.39 is 0 Å². The maximum Gasteiger partial charge on any atom is 0.191 e. The summed E-state index contributed by atoms with van der Waals surface area (Å²) in [5.74, 6) is 1.86. The van der Waals surface area contributed by atoms with E-state index in [1.807, 2.05) is 24.5 Å². The fourth-order valence-corrected chi connectivity index (χ4v) is 4.13. The highest BCUT2D eigenvalue weighted by atomic mass is 32.1. The van der Waals surface area contributed by atoms with Gasteiger partial charge in [0, 0.05) is 23.3 Å². The fraction of sp³-hybridized carbons (Fsp3) is 0.526. The van der Waals surface area contributed by atoms with Crippen molar-refractivity contribution in [3.63, 3.8) is 0 Å². The number of thiophene rings is 1. The number of aliphatic imine (C=N–C) groups is 1. The van der Waals surface area contributed by atoms with Crippen molar-refractivity contribution in [1.29, 1.82) is 0 Å². The second-order valence-corrected chi connectivity index (χ2v) is 7.56. The highest BCUT2D eigenvalue weighted by Crippen LogP contribution is 2.24. The molecule has 3 heterocycles. The number of likely N-dealkylation sites (tertiary alicyclic amines) is 1. The van der Waals surface area contributed by atoms with Crippen LogP contribution in [0.15, 0.2) is 39.9 Å². The Bertz CT molecular complexity index is 659. The van der Waals surface area contributed by atoms with E-state index in [1.54, 1.807) is 6.26 Å². The third-order valence-corrected chi connectivity index (χ3v) is 5.86. The van der Waals surface area contributed by atoms with Gasteiger partial charge < -0.3 is 15.1 Å². The minimum Gasteiger partial charge on any atom is -0.468 e. The molecule has 0 aromatic carbocycles. The monoisotopic (exact) mass is 360 g/mol. The fourth-order valence-electron chi connectivity index (χ4n) is 3.24. The number of aryl methyl sites for hydroxylation is 1. The molecule has 2 aromatic rings. The average Bonchev–Trinajstić information content (AvgIpc) is 3.40. The first kappa shape index (κ1) is 18.0. The van der Waals surface area contributed by atoms with Gasteiger partial charge in [0.05, 0.1) is 18.8 Å². The van der Waals surface area contributed by atoms with Crippen molar-refractivity contribution in [2.24, 2.45) is 4.99 Å². The summed E-state index contributed by atoms with van der Waals surface area (Å²) in [7, 11) is 1.82. The molecule has 1 atom stereocenters. The second kappa shape index (κ2) is 9.06. The van der Waals surface area contributed by atoms with Gasteiger partial charge in [-0.25, -0.2) is 0 Å². The minimum absolute atomic E-state index is 0.254. The molecule has 1 unspecified atom stereocenters. The first-order valence-electron chi connectivity index (χ1n) is 9.09. The predicted octanol–water partition coefficient (Wildman–Crippen LogP) is 3.41. The van der Waals surface area contributed by atoms with Crippen LogP contribution in [0, 0.1) is 0 Å². The van der Waals surface area contributed by atoms with Crippen LogP contribution in [0.25, 0.3) is 0 Å². The number of hydrogen-bond donors (Lipinski definition) is 2. The summed E-state index contributed by atoms with van der Waals surface area (Å²) in [6.07, 6.45) is 5.39. The molecule has 1 fully saturated rings. The van der Waals surface area contributed by atoms with Crippen LogP contribution in [-0.4, -0.2) is 37.5 Å². The van der Waals surface area contributed by atoms with E-state index in [9.17, 15) is 0 Å². The van der Waals surface area contributed by atoms with Crippen molar-refractivity contribution in [1.82, 2.24) is 15.5 Å². The summed E-state index contributed by atoms with van der Waals surface area (Å²) in [6, 6.07) is 8.69. The normalized spacial score (nSPS) is 17.0. The largest absolute Gasteiger partial charge is 0.468 e. The Morgan fingerprint density at radius 1 is 1.24 bits per heavy atom. The lowest BCUT2D eigenvalue weighted by Crippen LogP contribution is -2.42. The molecular formula is C19H28N4OS. The number of guanidine groups is 1. The summed E-state index contributed by atoms with van der Waals surface area (Å²) in [5, 5.41) is 6.88. The predicted molar refractivity (Wildman–Crippen MR) is 104 cm³/mol. The molecule has 2 N–H and O–H groups in total. The van der Waals surface area contributed by atoms with Crippen molar-refractivity contribution in [3.8, 4) is 0 Å². The molecule has 0 aliphatic carbocycles. The van der Waals surface area contributed by atoms with Crippen LogP contribution >= 0.6 is 11.3 Å². The van der Waals surface area contributed by atoms with E-state index in [0.717, 1.165) is 44.3 Å². The molecule has 2 aromatic heterocycles. The maximum absolute atomic E-state index is 5.68. The van der Waals surface area contributed by atoms with Crippen LogP contribution in [-0.2, 0) is 13.0 Å². The molecular weight excluding hydrogens is 332 g/mol. The van der Waals surface area contributed by atoms with E-state index in [4.69, 9.17) is 4.42 Å². The first-order chi connectivity index (χ1) is 12.3. The van der Waals surface area contributed by atoms with Gasteiger partial charge in [-0.15, -0.1) is 11.3 Å². The molecule has 1 aliphatic heterocycles. The Morgan fingerprint density at radius 3 is 2.68 bits per heavy atom. The zero-order valence-electron chi connectivity index (χ0n) is 15.1. The standard InChI is InChI=1S/C19H28N4OS/c1-3-15-8-9-16(25-15)13-21-19(20-2)22-14-17(18-7-6-12-24-18)23-10-4-5-11-23/h6-9,12,17H,3-5,10-11,13-14H2,1-2H3,(H2,20,21,22). The molecule has 3 rings (SSSR count). The van der Waals surface area contributed by atoms with Gasteiger partial charge in [0.2, 0.25) is 0 Å². The van der Waals surface area contributed by atoms with Crippen LogP contribution in [0.2, 0.25) is 0 Å². The average molecular weight is 361 g/mol. The van der Waals surface area contributed by atoms with Crippen molar-refractivity contribution in [2.75, 3.05) is 26.7 Å². The lowest BCUT2D eigenvalue weighted by atomic mass is 10.2. The topological polar surface area (TPSA) is 52.8 Å². The molecule has 136 valence electrons. The summed E-state index contributed by atoms with van der Waals surface area (Å²) in [6.45, 7) is 6.05. The Morgan fingerprint density at radius 2 is 2.04 bits per heavy atom. The molecule has 1 aliphatic rings. The lowest BCUT2D eigenvalue weighted by Gasteiger charge is -2.26. The smallest absolute Gasteiger partial charge is 0.191 e. The van der Waals surface area contributed by atoms with Crippen LogP contribution in [0.4, 0.5) is 0 Å². The third-order valence-electron chi connectivity index (χ3n) is 4.64. The van der Waals surface area contributed by atoms with E-state index in [2.05, 4.69) is 45.6 Å². The zero-order valence-corrected chi connectivity index (χ0v) is 15.9. The van der Waals surface area contributed by atoms with Gasteiger partial charge in [-0.05, 0) is 56.6 Å². The highest BCUT2D eigenvalue weighted by Gasteiger charge is 2.25. The summed E-state index contributed by atoms with van der Waals surface area (Å²) in [4.78, 5) is 9.61. The van der Waals surface area contributed by atoms with Gasteiger partial charge in [-0.3, -0.25) is 9.89 Å². The van der Waals surface area contributed by atoms with Crippen LogP contribution in [0.1, 0.15) is 41.3 Å². The molecule has 1 saturated heterocycles. The second-order valence-electron chi connectivity index (χ2n) is 6.30. The summed E-state index contributed by atoms with van der Waals surface area (Å²) >= 11 is 1.86. The van der Waals surface area contributed by atoms with Gasteiger partial charge in [0.1, 0.15) is 5.76 Å². The molecule has 25 heavy (non-hydrogen) atoms. The Labute approximate surface area is 154 Å². The number of furan rings is 1. The highest BCUT2D eigenvalue weighted by molar-refractivity contribution is 7.11. The Kier molecular flexibility index (Phi) is 6.53. The van der Waals surface area contributed by atoms with E-state index in [-0.39, 0.29) is 6.04 Å². The van der Waals surface area contributed by atoms with Gasteiger partial charge in [0.15, 0.2) is 5.96 Å². The van der Waals surface area contributed by atoms with Gasteiger partial charge in [-0.2, -0.15) is 0 Å². The van der Waals surface area contributed by atoms with E-state index in [0.29, 0.717) is 0 Å². The van der Waals surface area contributed by atoms with Crippen molar-refractivity contribution in [2.45, 2.75) is 38.8 Å². The van der Waals surface area contributed by atoms with Gasteiger partial charge in [0.25, 0.3) is 0 Å². The zero-order chi connectivity index (χ0) is 17.5. The molecule has 5 nitrogen and oxygen atoms in total. The third kappa shape index (κ3) is 4.86. The van der Waals surface area contributed by atoms with Crippen LogP contribution < -0.4 is 10.6 Å². The van der Waals surface area contributed by atoms with E-state index >= 15 is 0 Å². The molecule has 0 amide bonds.